The molecule has 0 aromatic carbocycles. The molecule has 27 heavy (non-hydrogen) atoms. The molecule has 3 heterocycles. The third-order valence-electron chi connectivity index (χ3n) is 4.48. The maximum atomic E-state index is 13.4. The number of aryl methyl sites for hydroxylation is 1. The van der Waals surface area contributed by atoms with Gasteiger partial charge in [-0.2, -0.15) is 4.98 Å². The topological polar surface area (TPSA) is 55.4 Å². The van der Waals surface area contributed by atoms with Gasteiger partial charge in [0, 0.05) is 5.92 Å². The Balaban J connectivity index is 1.73. The van der Waals surface area contributed by atoms with Gasteiger partial charge in [-0.1, -0.05) is 5.92 Å². The summed E-state index contributed by atoms with van der Waals surface area (Å²) in [4.78, 5) is 4.32. The molecular formula is C20H20ClFN4O. The standard InChI is InChI=1S/C20H20ClFN4O/c1-13(22)4-8-15-11-18-19(23-12-16-3-2-10-27-16)24-20(21)25-26(18)17(15)9-7-14-5-6-14/h2-3,10-11,13-14H,4-6,8,12H2,1H3,(H,23,24,25). The zero-order valence-corrected chi connectivity index (χ0v) is 15.8. The summed E-state index contributed by atoms with van der Waals surface area (Å²) < 4.78 is 20.5. The van der Waals surface area contributed by atoms with Crippen molar-refractivity contribution >= 4 is 22.9 Å². The van der Waals surface area contributed by atoms with Crippen LogP contribution < -0.4 is 5.32 Å². The smallest absolute Gasteiger partial charge is 0.243 e. The molecular weight excluding hydrogens is 367 g/mol. The zero-order chi connectivity index (χ0) is 18.8. The van der Waals surface area contributed by atoms with E-state index in [1.54, 1.807) is 17.7 Å². The van der Waals surface area contributed by atoms with Crippen LogP contribution in [-0.4, -0.2) is 20.8 Å². The Bertz CT molecular complexity index is 997. The van der Waals surface area contributed by atoms with Gasteiger partial charge in [-0.25, -0.2) is 8.91 Å². The highest BCUT2D eigenvalue weighted by molar-refractivity contribution is 6.28. The van der Waals surface area contributed by atoms with Crippen molar-refractivity contribution in [2.24, 2.45) is 5.92 Å². The van der Waals surface area contributed by atoms with Crippen LogP contribution >= 0.6 is 11.6 Å². The first-order valence-electron chi connectivity index (χ1n) is 9.10. The fourth-order valence-corrected chi connectivity index (χ4v) is 3.03. The van der Waals surface area contributed by atoms with E-state index in [0.717, 1.165) is 35.4 Å². The number of alkyl halides is 1. The summed E-state index contributed by atoms with van der Waals surface area (Å²) in [5, 5.41) is 7.70. The number of aromatic nitrogens is 3. The molecule has 1 saturated carbocycles. The van der Waals surface area contributed by atoms with Gasteiger partial charge >= 0.3 is 0 Å². The molecule has 0 amide bonds. The Kier molecular flexibility index (Phi) is 5.04. The lowest BCUT2D eigenvalue weighted by Gasteiger charge is -2.06. The summed E-state index contributed by atoms with van der Waals surface area (Å²) in [6, 6.07) is 5.68. The Morgan fingerprint density at radius 3 is 3.04 bits per heavy atom. The number of rotatable bonds is 6. The molecule has 1 fully saturated rings. The van der Waals surface area contributed by atoms with Gasteiger partial charge in [0.1, 0.15) is 17.0 Å². The van der Waals surface area contributed by atoms with Crippen molar-refractivity contribution < 1.29 is 8.81 Å². The van der Waals surface area contributed by atoms with E-state index in [1.165, 1.54) is 0 Å². The third kappa shape index (κ3) is 4.25. The number of hydrogen-bond donors (Lipinski definition) is 1. The van der Waals surface area contributed by atoms with Gasteiger partial charge in [-0.3, -0.25) is 0 Å². The minimum Gasteiger partial charge on any atom is -0.467 e. The van der Waals surface area contributed by atoms with E-state index >= 15 is 0 Å². The van der Waals surface area contributed by atoms with Crippen molar-refractivity contribution in [2.45, 2.75) is 45.3 Å². The van der Waals surface area contributed by atoms with Gasteiger partial charge in [-0.15, -0.1) is 5.10 Å². The summed E-state index contributed by atoms with van der Waals surface area (Å²) in [6.07, 6.45) is 4.05. The molecule has 140 valence electrons. The molecule has 1 aliphatic rings. The fraction of sp³-hybridized carbons (Fsp3) is 0.400. The molecule has 0 saturated heterocycles. The van der Waals surface area contributed by atoms with Crippen LogP contribution in [-0.2, 0) is 13.0 Å². The van der Waals surface area contributed by atoms with E-state index in [9.17, 15) is 4.39 Å². The molecule has 3 aromatic rings. The number of anilines is 1. The first-order valence-corrected chi connectivity index (χ1v) is 9.48. The van der Waals surface area contributed by atoms with E-state index in [2.05, 4.69) is 27.2 Å². The van der Waals surface area contributed by atoms with Gasteiger partial charge < -0.3 is 9.73 Å². The molecule has 1 aliphatic carbocycles. The van der Waals surface area contributed by atoms with Crippen molar-refractivity contribution in [3.63, 3.8) is 0 Å². The minimum atomic E-state index is -0.872. The lowest BCUT2D eigenvalue weighted by molar-refractivity contribution is 0.341. The average Bonchev–Trinajstić information content (AvgIpc) is 3.18. The van der Waals surface area contributed by atoms with Crippen LogP contribution in [0.25, 0.3) is 5.52 Å². The minimum absolute atomic E-state index is 0.125. The van der Waals surface area contributed by atoms with E-state index in [0.29, 0.717) is 31.1 Å². The van der Waals surface area contributed by atoms with Gasteiger partial charge in [0.2, 0.25) is 5.28 Å². The molecule has 7 heteroatoms. The monoisotopic (exact) mass is 386 g/mol. The first-order chi connectivity index (χ1) is 13.1. The Morgan fingerprint density at radius 2 is 2.33 bits per heavy atom. The first kappa shape index (κ1) is 17.9. The van der Waals surface area contributed by atoms with Gasteiger partial charge in [0.05, 0.1) is 19.0 Å². The van der Waals surface area contributed by atoms with Crippen LogP contribution in [0, 0.1) is 17.8 Å². The van der Waals surface area contributed by atoms with Crippen LogP contribution in [0.4, 0.5) is 10.2 Å². The van der Waals surface area contributed by atoms with Crippen LogP contribution in [0.2, 0.25) is 5.28 Å². The van der Waals surface area contributed by atoms with Crippen molar-refractivity contribution in [3.05, 3.63) is 46.8 Å². The second-order valence-corrected chi connectivity index (χ2v) is 7.18. The summed E-state index contributed by atoms with van der Waals surface area (Å²) >= 11 is 6.15. The SMILES string of the molecule is CC(F)CCc1cc2c(NCc3ccco3)nc(Cl)nn2c1C#CC1CC1. The Hall–Kier alpha value is -2.52. The van der Waals surface area contributed by atoms with Crippen LogP contribution in [0.3, 0.4) is 0 Å². The van der Waals surface area contributed by atoms with Crippen molar-refractivity contribution in [3.8, 4) is 11.8 Å². The Morgan fingerprint density at radius 1 is 1.48 bits per heavy atom. The predicted molar refractivity (Wildman–Crippen MR) is 103 cm³/mol. The summed E-state index contributed by atoms with van der Waals surface area (Å²) in [5.74, 6) is 8.35. The number of nitrogens with zero attached hydrogens (tertiary/aromatic N) is 3. The van der Waals surface area contributed by atoms with Crippen molar-refractivity contribution in [1.29, 1.82) is 0 Å². The molecule has 1 unspecified atom stereocenters. The van der Waals surface area contributed by atoms with E-state index < -0.39 is 6.17 Å². The van der Waals surface area contributed by atoms with E-state index in [1.807, 2.05) is 18.2 Å². The van der Waals surface area contributed by atoms with Crippen LogP contribution in [0.5, 0.6) is 0 Å². The average molecular weight is 387 g/mol. The zero-order valence-electron chi connectivity index (χ0n) is 15.0. The molecule has 0 spiro atoms. The normalized spacial score (nSPS) is 14.8. The number of fused-ring (bicyclic) bond motifs is 1. The van der Waals surface area contributed by atoms with Crippen molar-refractivity contribution in [2.75, 3.05) is 5.32 Å². The number of hydrogen-bond acceptors (Lipinski definition) is 4. The number of nitrogens with one attached hydrogen (secondary N) is 1. The predicted octanol–water partition coefficient (Wildman–Crippen LogP) is 4.64. The maximum absolute atomic E-state index is 13.4. The third-order valence-corrected chi connectivity index (χ3v) is 4.64. The maximum Gasteiger partial charge on any atom is 0.243 e. The number of furan rings is 1. The fourth-order valence-electron chi connectivity index (χ4n) is 2.87. The van der Waals surface area contributed by atoms with Gasteiger partial charge in [0.25, 0.3) is 0 Å². The summed E-state index contributed by atoms with van der Waals surface area (Å²) in [6.45, 7) is 2.04. The molecule has 0 aliphatic heterocycles. The largest absolute Gasteiger partial charge is 0.467 e. The second kappa shape index (κ2) is 7.61. The highest BCUT2D eigenvalue weighted by Crippen LogP contribution is 2.29. The number of halogens is 2. The van der Waals surface area contributed by atoms with Gasteiger partial charge in [-0.05, 0) is 73.9 Å². The van der Waals surface area contributed by atoms with E-state index in [-0.39, 0.29) is 5.28 Å². The second-order valence-electron chi connectivity index (χ2n) is 6.84. The molecule has 5 nitrogen and oxygen atoms in total. The molecule has 3 aromatic heterocycles. The molecule has 0 radical (unpaired) electrons. The van der Waals surface area contributed by atoms with Crippen molar-refractivity contribution in [1.82, 2.24) is 14.6 Å². The molecule has 1 N–H and O–H groups in total. The lowest BCUT2D eigenvalue weighted by atomic mass is 10.1. The summed E-state index contributed by atoms with van der Waals surface area (Å²) in [7, 11) is 0. The molecule has 1 atom stereocenters. The lowest BCUT2D eigenvalue weighted by Crippen LogP contribution is -2.06. The molecule has 4 rings (SSSR count). The quantitative estimate of drug-likeness (QED) is 0.627. The van der Waals surface area contributed by atoms with Gasteiger partial charge in [0.15, 0.2) is 5.82 Å². The van der Waals surface area contributed by atoms with Crippen LogP contribution in [0.1, 0.15) is 43.2 Å². The highest BCUT2D eigenvalue weighted by atomic mass is 35.5. The van der Waals surface area contributed by atoms with Crippen LogP contribution in [0.15, 0.2) is 28.9 Å². The van der Waals surface area contributed by atoms with E-state index in [4.69, 9.17) is 16.0 Å². The summed E-state index contributed by atoms with van der Waals surface area (Å²) in [5.41, 5.74) is 2.50. The molecule has 0 bridgehead atoms. The Labute approximate surface area is 161 Å². The highest BCUT2D eigenvalue weighted by Gasteiger charge is 2.20.